The van der Waals surface area contributed by atoms with Crippen LogP contribution in [-0.4, -0.2) is 84.3 Å². The number of nitrogens with zero attached hydrogens (tertiary/aromatic N) is 4. The average molecular weight is 415 g/mol. The van der Waals surface area contributed by atoms with Crippen molar-refractivity contribution in [3.63, 3.8) is 0 Å². The zero-order valence-electron chi connectivity index (χ0n) is 18.1. The van der Waals surface area contributed by atoms with Gasteiger partial charge in [-0.05, 0) is 44.4 Å². The number of hydrogen-bond acceptors (Lipinski definition) is 4. The lowest BCUT2D eigenvalue weighted by atomic mass is 10.1. The molecule has 1 aromatic rings. The minimum absolute atomic E-state index is 0.0682. The van der Waals surface area contributed by atoms with E-state index in [0.29, 0.717) is 12.1 Å². The fourth-order valence-corrected chi connectivity index (χ4v) is 4.09. The molecule has 3 N–H and O–H groups in total. The second-order valence-corrected chi connectivity index (χ2v) is 7.97. The molecule has 2 aliphatic rings. The molecule has 8 heteroatoms. The molecular formula is C22H34N6O2. The average Bonchev–Trinajstić information content (AvgIpc) is 3.31. The van der Waals surface area contributed by atoms with Crippen molar-refractivity contribution in [2.45, 2.75) is 39.3 Å². The Morgan fingerprint density at radius 1 is 1.10 bits per heavy atom. The van der Waals surface area contributed by atoms with E-state index in [0.717, 1.165) is 70.2 Å². The molecule has 0 aliphatic carbocycles. The normalized spacial score (nSPS) is 19.1. The molecule has 0 saturated carbocycles. The summed E-state index contributed by atoms with van der Waals surface area (Å²) in [5.41, 5.74) is 6.82. The summed E-state index contributed by atoms with van der Waals surface area (Å²) < 4.78 is 0. The van der Waals surface area contributed by atoms with Crippen LogP contribution in [0.3, 0.4) is 0 Å². The van der Waals surface area contributed by atoms with Crippen molar-refractivity contribution in [1.82, 2.24) is 20.0 Å². The second kappa shape index (κ2) is 10.4. The third-order valence-corrected chi connectivity index (χ3v) is 5.89. The van der Waals surface area contributed by atoms with Gasteiger partial charge in [-0.15, -0.1) is 0 Å². The smallest absolute Gasteiger partial charge is 0.248 e. The van der Waals surface area contributed by atoms with Crippen LogP contribution in [-0.2, 0) is 11.3 Å². The van der Waals surface area contributed by atoms with E-state index < -0.39 is 5.91 Å². The molecule has 3 rings (SSSR count). The van der Waals surface area contributed by atoms with Gasteiger partial charge in [0.25, 0.3) is 0 Å². The number of carbonyl (C=O) groups is 2. The van der Waals surface area contributed by atoms with Crippen molar-refractivity contribution in [1.29, 1.82) is 0 Å². The van der Waals surface area contributed by atoms with Crippen molar-refractivity contribution < 1.29 is 9.59 Å². The van der Waals surface area contributed by atoms with E-state index in [1.54, 1.807) is 12.1 Å². The van der Waals surface area contributed by atoms with E-state index in [-0.39, 0.29) is 11.9 Å². The van der Waals surface area contributed by atoms with Crippen LogP contribution in [0.15, 0.2) is 29.3 Å². The molecule has 2 saturated heterocycles. The van der Waals surface area contributed by atoms with Gasteiger partial charge in [0.05, 0.1) is 12.6 Å². The quantitative estimate of drug-likeness (QED) is 0.532. The predicted molar refractivity (Wildman–Crippen MR) is 118 cm³/mol. The maximum absolute atomic E-state index is 12.7. The number of likely N-dealkylation sites (tertiary alicyclic amines) is 1. The van der Waals surface area contributed by atoms with Crippen molar-refractivity contribution in [3.05, 3.63) is 35.4 Å². The predicted octanol–water partition coefficient (Wildman–Crippen LogP) is 0.880. The number of piperazine rings is 1. The van der Waals surface area contributed by atoms with Gasteiger partial charge in [0.1, 0.15) is 0 Å². The van der Waals surface area contributed by atoms with Crippen LogP contribution in [0.4, 0.5) is 0 Å². The van der Waals surface area contributed by atoms with Crippen molar-refractivity contribution in [2.75, 3.05) is 45.8 Å². The molecule has 8 nitrogen and oxygen atoms in total. The minimum Gasteiger partial charge on any atom is -0.366 e. The van der Waals surface area contributed by atoms with Gasteiger partial charge in [-0.25, -0.2) is 4.99 Å². The summed E-state index contributed by atoms with van der Waals surface area (Å²) >= 11 is 0. The standard InChI is InChI=1S/C22H34N6O2/c1-3-24-22(25-16-18-7-6-8-19(15-18)20(23)29)28-13-11-26(12-14-28)17(2)21(30)27-9-4-5-10-27/h6-8,15,17H,3-5,9-14,16H2,1-2H3,(H2,23,29)(H,24,25). The molecule has 2 heterocycles. The summed E-state index contributed by atoms with van der Waals surface area (Å²) in [5.74, 6) is 0.692. The van der Waals surface area contributed by atoms with Crippen LogP contribution in [0.1, 0.15) is 42.6 Å². The molecule has 1 atom stereocenters. The Hall–Kier alpha value is -2.61. The SMILES string of the molecule is CCNC(=NCc1cccc(C(N)=O)c1)N1CCN(C(C)C(=O)N2CCCC2)CC1. The lowest BCUT2D eigenvalue weighted by Gasteiger charge is -2.39. The Morgan fingerprint density at radius 3 is 2.43 bits per heavy atom. The molecular weight excluding hydrogens is 380 g/mol. The Bertz CT molecular complexity index is 767. The Balaban J connectivity index is 1.58. The first-order valence-corrected chi connectivity index (χ1v) is 10.9. The van der Waals surface area contributed by atoms with Crippen LogP contribution >= 0.6 is 0 Å². The summed E-state index contributed by atoms with van der Waals surface area (Å²) in [6, 6.07) is 7.21. The highest BCUT2D eigenvalue weighted by atomic mass is 16.2. The highest BCUT2D eigenvalue weighted by Gasteiger charge is 2.30. The number of benzene rings is 1. The van der Waals surface area contributed by atoms with Crippen LogP contribution < -0.4 is 11.1 Å². The molecule has 0 aromatic heterocycles. The van der Waals surface area contributed by atoms with Crippen molar-refractivity contribution >= 4 is 17.8 Å². The number of carbonyl (C=O) groups excluding carboxylic acids is 2. The molecule has 2 amide bonds. The third-order valence-electron chi connectivity index (χ3n) is 5.89. The largest absolute Gasteiger partial charge is 0.366 e. The number of nitrogens with one attached hydrogen (secondary N) is 1. The highest BCUT2D eigenvalue weighted by molar-refractivity contribution is 5.92. The van der Waals surface area contributed by atoms with E-state index >= 15 is 0 Å². The molecule has 1 aromatic carbocycles. The zero-order chi connectivity index (χ0) is 21.5. The van der Waals surface area contributed by atoms with Gasteiger partial charge in [0.2, 0.25) is 11.8 Å². The molecule has 164 valence electrons. The maximum Gasteiger partial charge on any atom is 0.248 e. The van der Waals surface area contributed by atoms with Gasteiger partial charge in [-0.3, -0.25) is 14.5 Å². The fourth-order valence-electron chi connectivity index (χ4n) is 4.09. The van der Waals surface area contributed by atoms with Crippen molar-refractivity contribution in [3.8, 4) is 0 Å². The van der Waals surface area contributed by atoms with E-state index in [4.69, 9.17) is 10.7 Å². The number of hydrogen-bond donors (Lipinski definition) is 2. The Kier molecular flexibility index (Phi) is 7.68. The van der Waals surface area contributed by atoms with Gasteiger partial charge >= 0.3 is 0 Å². The number of guanidine groups is 1. The first kappa shape index (κ1) is 22.1. The van der Waals surface area contributed by atoms with Gasteiger partial charge in [-0.1, -0.05) is 12.1 Å². The van der Waals surface area contributed by atoms with E-state index in [2.05, 4.69) is 22.0 Å². The molecule has 0 spiro atoms. The van der Waals surface area contributed by atoms with Gasteiger partial charge in [0.15, 0.2) is 5.96 Å². The number of primary amides is 1. The van der Waals surface area contributed by atoms with Crippen LogP contribution in [0, 0.1) is 0 Å². The Labute approximate surface area is 179 Å². The number of nitrogens with two attached hydrogens (primary N) is 1. The van der Waals surface area contributed by atoms with Crippen LogP contribution in [0.5, 0.6) is 0 Å². The summed E-state index contributed by atoms with van der Waals surface area (Å²) in [6.45, 7) is 10.5. The monoisotopic (exact) mass is 414 g/mol. The molecule has 30 heavy (non-hydrogen) atoms. The third kappa shape index (κ3) is 5.50. The fraction of sp³-hybridized carbons (Fsp3) is 0.591. The first-order chi connectivity index (χ1) is 14.5. The summed E-state index contributed by atoms with van der Waals surface area (Å²) in [7, 11) is 0. The molecule has 1 unspecified atom stereocenters. The molecule has 2 aliphatic heterocycles. The second-order valence-electron chi connectivity index (χ2n) is 7.97. The van der Waals surface area contributed by atoms with E-state index in [1.807, 2.05) is 24.0 Å². The topological polar surface area (TPSA) is 94.3 Å². The van der Waals surface area contributed by atoms with Crippen LogP contribution in [0.25, 0.3) is 0 Å². The lowest BCUT2D eigenvalue weighted by Crippen LogP contribution is -2.57. The minimum atomic E-state index is -0.429. The van der Waals surface area contributed by atoms with E-state index in [9.17, 15) is 9.59 Å². The number of amides is 2. The number of rotatable bonds is 6. The van der Waals surface area contributed by atoms with Gasteiger partial charge in [0, 0.05) is 51.4 Å². The van der Waals surface area contributed by atoms with Gasteiger partial charge < -0.3 is 20.9 Å². The summed E-state index contributed by atoms with van der Waals surface area (Å²) in [6.07, 6.45) is 2.24. The van der Waals surface area contributed by atoms with Crippen LogP contribution in [0.2, 0.25) is 0 Å². The Morgan fingerprint density at radius 2 is 1.80 bits per heavy atom. The highest BCUT2D eigenvalue weighted by Crippen LogP contribution is 2.14. The first-order valence-electron chi connectivity index (χ1n) is 10.9. The summed E-state index contributed by atoms with van der Waals surface area (Å²) in [4.78, 5) is 35.4. The molecule has 0 radical (unpaired) electrons. The zero-order valence-corrected chi connectivity index (χ0v) is 18.1. The number of aliphatic imine (C=N–C) groups is 1. The lowest BCUT2D eigenvalue weighted by molar-refractivity contribution is -0.135. The summed E-state index contributed by atoms with van der Waals surface area (Å²) in [5, 5.41) is 3.36. The molecule has 0 bridgehead atoms. The van der Waals surface area contributed by atoms with E-state index in [1.165, 1.54) is 0 Å². The van der Waals surface area contributed by atoms with Crippen molar-refractivity contribution in [2.24, 2.45) is 10.7 Å². The maximum atomic E-state index is 12.7. The molecule has 2 fully saturated rings. The van der Waals surface area contributed by atoms with Gasteiger partial charge in [-0.2, -0.15) is 0 Å².